The number of aromatic amines is 1. The number of hydrogen-bond donors (Lipinski definition) is 1. The number of hydrogen-bond acceptors (Lipinski definition) is 5. The van der Waals surface area contributed by atoms with Crippen LogP contribution in [0.1, 0.15) is 0 Å². The molecule has 0 atom stereocenters. The first-order valence-electron chi connectivity index (χ1n) is 5.09. The van der Waals surface area contributed by atoms with Crippen LogP contribution < -0.4 is 0 Å². The monoisotopic (exact) mass is 243 g/mol. The number of aliphatic imine (C=N–C) groups is 3. The minimum Gasteiger partial charge on any atom is -0.345 e. The van der Waals surface area contributed by atoms with Gasteiger partial charge < -0.3 is 4.98 Å². The Labute approximate surface area is 102 Å². The van der Waals surface area contributed by atoms with Crippen molar-refractivity contribution in [3.8, 4) is 0 Å². The number of rotatable bonds is 0. The van der Waals surface area contributed by atoms with E-state index in [1.54, 1.807) is 24.4 Å². The lowest BCUT2D eigenvalue weighted by molar-refractivity contribution is 1.34. The molecular formula is C11H9N5S. The molecular weight excluding hydrogens is 234 g/mol. The molecule has 5 nitrogen and oxygen atoms in total. The number of nitrogens with zero attached hydrogens (tertiary/aromatic N) is 4. The standard InChI is InChI=1S/C7H6N2.C4H3N3S/c1-2-4-7-6(3-1)8-5-9-7;1-5-3-4(6-1)8-2-7-3/h1-5H,(H,8,9);1H,2H2. The van der Waals surface area contributed by atoms with Gasteiger partial charge in [0.15, 0.2) is 5.84 Å². The van der Waals surface area contributed by atoms with Crippen molar-refractivity contribution >= 4 is 40.0 Å². The van der Waals surface area contributed by atoms with Crippen molar-refractivity contribution in [3.05, 3.63) is 30.6 Å². The zero-order valence-corrected chi connectivity index (χ0v) is 9.68. The number of H-pyrrole nitrogens is 1. The van der Waals surface area contributed by atoms with E-state index in [0.717, 1.165) is 27.8 Å². The predicted octanol–water partition coefficient (Wildman–Crippen LogP) is 2.09. The van der Waals surface area contributed by atoms with Gasteiger partial charge in [0.25, 0.3) is 0 Å². The van der Waals surface area contributed by atoms with E-state index in [0.29, 0.717) is 0 Å². The van der Waals surface area contributed by atoms with Crippen LogP contribution >= 0.6 is 11.8 Å². The maximum atomic E-state index is 4.06. The summed E-state index contributed by atoms with van der Waals surface area (Å²) in [6.07, 6.45) is 3.24. The van der Waals surface area contributed by atoms with Gasteiger partial charge in [-0.3, -0.25) is 4.99 Å². The summed E-state index contributed by atoms with van der Waals surface area (Å²) < 4.78 is 0. The summed E-state index contributed by atoms with van der Waals surface area (Å²) in [5.41, 5.74) is 2.12. The van der Waals surface area contributed by atoms with Crippen molar-refractivity contribution < 1.29 is 0 Å². The Balaban J connectivity index is 0.000000107. The van der Waals surface area contributed by atoms with Crippen LogP contribution in [0.25, 0.3) is 11.0 Å². The van der Waals surface area contributed by atoms with Gasteiger partial charge in [-0.15, -0.1) is 0 Å². The number of imidazole rings is 1. The fourth-order valence-electron chi connectivity index (χ4n) is 1.49. The van der Waals surface area contributed by atoms with Gasteiger partial charge in [0.1, 0.15) is 11.4 Å². The minimum absolute atomic E-state index is 0.797. The molecule has 0 spiro atoms. The average Bonchev–Trinajstić information content (AvgIpc) is 3.06. The van der Waals surface area contributed by atoms with E-state index in [2.05, 4.69) is 24.9 Å². The van der Waals surface area contributed by atoms with Crippen LogP contribution in [0.2, 0.25) is 0 Å². The third-order valence-electron chi connectivity index (χ3n) is 2.29. The first-order chi connectivity index (χ1) is 8.43. The fourth-order valence-corrected chi connectivity index (χ4v) is 2.17. The highest BCUT2D eigenvalue weighted by molar-refractivity contribution is 8.16. The Morgan fingerprint density at radius 3 is 3.06 bits per heavy atom. The van der Waals surface area contributed by atoms with Gasteiger partial charge >= 0.3 is 0 Å². The molecule has 1 aromatic carbocycles. The molecule has 0 saturated heterocycles. The van der Waals surface area contributed by atoms with E-state index in [4.69, 9.17) is 0 Å². The second-order valence-corrected chi connectivity index (χ2v) is 4.29. The number of nitrogens with one attached hydrogen (secondary N) is 1. The Morgan fingerprint density at radius 1 is 1.24 bits per heavy atom. The fraction of sp³-hybridized carbons (Fsp3) is 0.0909. The molecule has 0 aliphatic carbocycles. The number of fused-ring (bicyclic) bond motifs is 2. The Hall–Kier alpha value is -1.95. The Morgan fingerprint density at radius 2 is 2.18 bits per heavy atom. The van der Waals surface area contributed by atoms with Gasteiger partial charge in [-0.05, 0) is 12.1 Å². The number of benzene rings is 1. The van der Waals surface area contributed by atoms with Crippen molar-refractivity contribution in [2.24, 2.45) is 15.0 Å². The lowest BCUT2D eigenvalue weighted by atomic mass is 10.3. The van der Waals surface area contributed by atoms with Crippen molar-refractivity contribution in [3.63, 3.8) is 0 Å². The summed E-state index contributed by atoms with van der Waals surface area (Å²) in [6, 6.07) is 7.94. The SMILES string of the molecule is C1=NC2=NCSC2=N1.c1ccc2[nH]cnc2c1. The lowest BCUT2D eigenvalue weighted by Gasteiger charge is -1.81. The van der Waals surface area contributed by atoms with Gasteiger partial charge in [0, 0.05) is 0 Å². The molecule has 0 saturated carbocycles. The van der Waals surface area contributed by atoms with Crippen LogP contribution in [0.5, 0.6) is 0 Å². The topological polar surface area (TPSA) is 65.8 Å². The van der Waals surface area contributed by atoms with Crippen molar-refractivity contribution in [2.45, 2.75) is 0 Å². The van der Waals surface area contributed by atoms with E-state index in [1.165, 1.54) is 0 Å². The summed E-state index contributed by atoms with van der Waals surface area (Å²) in [7, 11) is 0. The molecule has 1 N–H and O–H groups in total. The van der Waals surface area contributed by atoms with E-state index in [-0.39, 0.29) is 0 Å². The average molecular weight is 243 g/mol. The van der Waals surface area contributed by atoms with E-state index >= 15 is 0 Å². The van der Waals surface area contributed by atoms with Crippen LogP contribution in [-0.2, 0) is 0 Å². The largest absolute Gasteiger partial charge is 0.345 e. The molecule has 17 heavy (non-hydrogen) atoms. The molecule has 0 fully saturated rings. The third-order valence-corrected chi connectivity index (χ3v) is 3.11. The van der Waals surface area contributed by atoms with Crippen molar-refractivity contribution in [1.82, 2.24) is 9.97 Å². The predicted molar refractivity (Wildman–Crippen MR) is 71.9 cm³/mol. The quantitative estimate of drug-likeness (QED) is 0.770. The molecule has 4 rings (SSSR count). The second-order valence-electron chi connectivity index (χ2n) is 3.35. The first kappa shape index (κ1) is 10.2. The van der Waals surface area contributed by atoms with Crippen LogP contribution in [0, 0.1) is 0 Å². The van der Waals surface area contributed by atoms with Gasteiger partial charge in [-0.1, -0.05) is 23.9 Å². The highest BCUT2D eigenvalue weighted by atomic mass is 32.2. The lowest BCUT2D eigenvalue weighted by Crippen LogP contribution is -1.94. The summed E-state index contributed by atoms with van der Waals surface area (Å²) in [5, 5.41) is 0.977. The maximum absolute atomic E-state index is 4.06. The van der Waals surface area contributed by atoms with Gasteiger partial charge in [-0.25, -0.2) is 15.0 Å². The van der Waals surface area contributed by atoms with Crippen LogP contribution in [0.15, 0.2) is 45.6 Å². The highest BCUT2D eigenvalue weighted by Crippen LogP contribution is 2.17. The maximum Gasteiger partial charge on any atom is 0.182 e. The smallest absolute Gasteiger partial charge is 0.182 e. The zero-order chi connectivity index (χ0) is 11.5. The molecule has 6 heteroatoms. The summed E-state index contributed by atoms with van der Waals surface area (Å²) >= 11 is 1.63. The molecule has 84 valence electrons. The molecule has 0 radical (unpaired) electrons. The third kappa shape index (κ3) is 2.12. The summed E-state index contributed by atoms with van der Waals surface area (Å²) in [4.78, 5) is 19.0. The summed E-state index contributed by atoms with van der Waals surface area (Å²) in [5.74, 6) is 1.61. The zero-order valence-electron chi connectivity index (χ0n) is 8.87. The minimum atomic E-state index is 0.797. The second kappa shape index (κ2) is 4.50. The molecule has 2 aliphatic rings. The molecule has 3 heterocycles. The highest BCUT2D eigenvalue weighted by Gasteiger charge is 2.16. The molecule has 2 aliphatic heterocycles. The normalized spacial score (nSPS) is 16.2. The van der Waals surface area contributed by atoms with Gasteiger partial charge in [0.05, 0.1) is 23.2 Å². The first-order valence-corrected chi connectivity index (χ1v) is 6.08. The number of thioether (sulfide) groups is 1. The molecule has 1 aromatic heterocycles. The molecule has 0 amide bonds. The van der Waals surface area contributed by atoms with E-state index in [1.807, 2.05) is 24.3 Å². The Kier molecular flexibility index (Phi) is 2.71. The van der Waals surface area contributed by atoms with E-state index < -0.39 is 0 Å². The van der Waals surface area contributed by atoms with E-state index in [9.17, 15) is 0 Å². The van der Waals surface area contributed by atoms with Crippen LogP contribution in [0.3, 0.4) is 0 Å². The molecule has 0 bridgehead atoms. The van der Waals surface area contributed by atoms with Crippen molar-refractivity contribution in [1.29, 1.82) is 0 Å². The number of aromatic nitrogens is 2. The van der Waals surface area contributed by atoms with Crippen LogP contribution in [-0.4, -0.2) is 33.1 Å². The molecule has 0 unspecified atom stereocenters. The van der Waals surface area contributed by atoms with Crippen LogP contribution in [0.4, 0.5) is 0 Å². The molecule has 2 aromatic rings. The van der Waals surface area contributed by atoms with Gasteiger partial charge in [0.2, 0.25) is 0 Å². The van der Waals surface area contributed by atoms with Gasteiger partial charge in [-0.2, -0.15) is 0 Å². The number of amidine groups is 1. The number of para-hydroxylation sites is 2. The summed E-state index contributed by atoms with van der Waals surface area (Å²) in [6.45, 7) is 0. The van der Waals surface area contributed by atoms with Crippen molar-refractivity contribution in [2.75, 3.05) is 5.88 Å². The Bertz CT molecular complexity index is 595.